The zero-order valence-electron chi connectivity index (χ0n) is 14.0. The van der Waals surface area contributed by atoms with Gasteiger partial charge in [0.2, 0.25) is 5.91 Å². The van der Waals surface area contributed by atoms with Crippen molar-refractivity contribution in [3.8, 4) is 0 Å². The second kappa shape index (κ2) is 6.15. The quantitative estimate of drug-likeness (QED) is 0.896. The molecule has 4 nitrogen and oxygen atoms in total. The maximum Gasteiger partial charge on any atom is 0.230 e. The van der Waals surface area contributed by atoms with Crippen molar-refractivity contribution >= 4 is 17.7 Å². The summed E-state index contributed by atoms with van der Waals surface area (Å²) in [6.07, 6.45) is 6.85. The molecule has 4 rings (SSSR count). The van der Waals surface area contributed by atoms with Gasteiger partial charge in [0.15, 0.2) is 0 Å². The largest absolute Gasteiger partial charge is 0.361 e. The van der Waals surface area contributed by atoms with E-state index in [2.05, 4.69) is 10.5 Å². The average molecular weight is 334 g/mol. The maximum absolute atomic E-state index is 12.3. The highest BCUT2D eigenvalue weighted by molar-refractivity contribution is 7.99. The molecular weight excluding hydrogens is 308 g/mol. The molecule has 1 aromatic rings. The lowest BCUT2D eigenvalue weighted by Gasteiger charge is -2.32. The van der Waals surface area contributed by atoms with E-state index in [4.69, 9.17) is 4.52 Å². The molecule has 5 heteroatoms. The highest BCUT2D eigenvalue weighted by Crippen LogP contribution is 2.58. The molecule has 23 heavy (non-hydrogen) atoms. The first-order valence-corrected chi connectivity index (χ1v) is 10.1. The van der Waals surface area contributed by atoms with E-state index in [9.17, 15) is 4.79 Å². The first kappa shape index (κ1) is 15.6. The van der Waals surface area contributed by atoms with Crippen LogP contribution in [0.25, 0.3) is 0 Å². The molecule has 3 aliphatic rings. The number of carbonyl (C=O) groups is 1. The van der Waals surface area contributed by atoms with E-state index in [1.54, 1.807) is 11.8 Å². The molecule has 0 saturated heterocycles. The Labute approximate surface area is 142 Å². The van der Waals surface area contributed by atoms with Gasteiger partial charge in [-0.25, -0.2) is 0 Å². The molecule has 3 saturated carbocycles. The van der Waals surface area contributed by atoms with Crippen LogP contribution >= 0.6 is 11.8 Å². The van der Waals surface area contributed by atoms with E-state index in [0.717, 1.165) is 46.4 Å². The van der Waals surface area contributed by atoms with Crippen molar-refractivity contribution in [1.29, 1.82) is 0 Å². The maximum atomic E-state index is 12.3. The summed E-state index contributed by atoms with van der Waals surface area (Å²) >= 11 is 1.66. The normalized spacial score (nSPS) is 34.8. The molecule has 1 N–H and O–H groups in total. The van der Waals surface area contributed by atoms with Gasteiger partial charge in [-0.1, -0.05) is 11.6 Å². The van der Waals surface area contributed by atoms with Crippen LogP contribution in [0.15, 0.2) is 4.52 Å². The fourth-order valence-corrected chi connectivity index (χ4v) is 6.42. The van der Waals surface area contributed by atoms with Gasteiger partial charge in [-0.15, -0.1) is 11.8 Å². The van der Waals surface area contributed by atoms with Crippen LogP contribution in [0.3, 0.4) is 0 Å². The van der Waals surface area contributed by atoms with E-state index in [-0.39, 0.29) is 5.91 Å². The zero-order chi connectivity index (χ0) is 16.0. The van der Waals surface area contributed by atoms with E-state index in [1.165, 1.54) is 32.1 Å². The number of thioether (sulfide) groups is 1. The van der Waals surface area contributed by atoms with Crippen molar-refractivity contribution in [2.75, 3.05) is 5.75 Å². The molecule has 3 fully saturated rings. The summed E-state index contributed by atoms with van der Waals surface area (Å²) in [5.41, 5.74) is 2.08. The van der Waals surface area contributed by atoms with Gasteiger partial charge >= 0.3 is 0 Å². The van der Waals surface area contributed by atoms with Crippen molar-refractivity contribution < 1.29 is 9.32 Å². The molecule has 5 atom stereocenters. The van der Waals surface area contributed by atoms with Crippen LogP contribution < -0.4 is 5.32 Å². The lowest BCUT2D eigenvalue weighted by atomic mass is 9.79. The molecule has 1 aromatic heterocycles. The van der Waals surface area contributed by atoms with E-state index in [1.807, 2.05) is 13.8 Å². The Morgan fingerprint density at radius 3 is 2.87 bits per heavy atom. The van der Waals surface area contributed by atoms with E-state index in [0.29, 0.717) is 11.8 Å². The van der Waals surface area contributed by atoms with Crippen LogP contribution in [-0.4, -0.2) is 22.9 Å². The predicted octanol–water partition coefficient (Wildman–Crippen LogP) is 3.47. The lowest BCUT2D eigenvalue weighted by Crippen LogP contribution is -2.43. The minimum atomic E-state index is 0.203. The van der Waals surface area contributed by atoms with Gasteiger partial charge in [-0.05, 0) is 63.2 Å². The van der Waals surface area contributed by atoms with Crippen LogP contribution in [-0.2, 0) is 10.5 Å². The topological polar surface area (TPSA) is 55.1 Å². The van der Waals surface area contributed by atoms with Crippen molar-refractivity contribution in [1.82, 2.24) is 10.5 Å². The first-order chi connectivity index (χ1) is 11.1. The van der Waals surface area contributed by atoms with Gasteiger partial charge in [0, 0.05) is 17.4 Å². The van der Waals surface area contributed by atoms with Gasteiger partial charge in [0.1, 0.15) is 5.76 Å². The highest BCUT2D eigenvalue weighted by Gasteiger charge is 2.53. The summed E-state index contributed by atoms with van der Waals surface area (Å²) in [6, 6.07) is 0.450. The number of aromatic nitrogens is 1. The van der Waals surface area contributed by atoms with Crippen LogP contribution in [0.5, 0.6) is 0 Å². The van der Waals surface area contributed by atoms with E-state index < -0.39 is 0 Å². The molecule has 0 radical (unpaired) electrons. The number of nitrogens with one attached hydrogen (secondary N) is 1. The summed E-state index contributed by atoms with van der Waals surface area (Å²) in [6.45, 7) is 3.89. The Morgan fingerprint density at radius 2 is 2.09 bits per heavy atom. The van der Waals surface area contributed by atoms with Gasteiger partial charge in [-0.2, -0.15) is 0 Å². The Hall–Kier alpha value is -0.970. The summed E-state index contributed by atoms with van der Waals surface area (Å²) in [5, 5.41) is 7.30. The van der Waals surface area contributed by atoms with Crippen molar-refractivity contribution in [3.63, 3.8) is 0 Å². The molecule has 1 heterocycles. The van der Waals surface area contributed by atoms with Crippen molar-refractivity contribution in [3.05, 3.63) is 17.0 Å². The monoisotopic (exact) mass is 334 g/mol. The third-order valence-electron chi connectivity index (χ3n) is 6.44. The van der Waals surface area contributed by atoms with Gasteiger partial charge in [-0.3, -0.25) is 4.79 Å². The second-order valence-electron chi connectivity index (χ2n) is 7.62. The molecule has 2 bridgehead atoms. The van der Waals surface area contributed by atoms with Crippen molar-refractivity contribution in [2.24, 2.45) is 23.7 Å². The fourth-order valence-electron chi connectivity index (χ4n) is 5.44. The predicted molar refractivity (Wildman–Crippen MR) is 91.1 cm³/mol. The zero-order valence-corrected chi connectivity index (χ0v) is 14.8. The average Bonchev–Trinajstić information content (AvgIpc) is 3.24. The number of nitrogens with zero attached hydrogens (tertiary/aromatic N) is 1. The number of rotatable bonds is 5. The van der Waals surface area contributed by atoms with Crippen LogP contribution in [0.2, 0.25) is 0 Å². The van der Waals surface area contributed by atoms with E-state index >= 15 is 0 Å². The third kappa shape index (κ3) is 2.81. The van der Waals surface area contributed by atoms with Gasteiger partial charge < -0.3 is 9.84 Å². The first-order valence-electron chi connectivity index (χ1n) is 8.92. The minimum Gasteiger partial charge on any atom is -0.361 e. The number of carbonyl (C=O) groups excluding carboxylic acids is 1. The van der Waals surface area contributed by atoms with Gasteiger partial charge in [0.05, 0.1) is 11.4 Å². The molecule has 0 aromatic carbocycles. The molecule has 126 valence electrons. The van der Waals surface area contributed by atoms with Crippen LogP contribution in [0.4, 0.5) is 0 Å². The standard InChI is InChI=1S/C18H26N2O2S/c1-10-16(11(2)22-20-10)8-23-9-18(21)19-17-7-12-6-15(17)14-5-3-4-13(12)14/h12-15,17H,3-9H2,1-2H3,(H,19,21)/t12-,13-,14+,15+,17-/m1/s1. The molecule has 1 amide bonds. The number of amides is 1. The number of fused-ring (bicyclic) bond motifs is 5. The molecule has 0 unspecified atom stereocenters. The van der Waals surface area contributed by atoms with Crippen molar-refractivity contribution in [2.45, 2.75) is 57.7 Å². The highest BCUT2D eigenvalue weighted by atomic mass is 32.2. The van der Waals surface area contributed by atoms with Crippen LogP contribution in [0.1, 0.15) is 49.1 Å². The molecule has 0 spiro atoms. The molecular formula is C18H26N2O2S. The lowest BCUT2D eigenvalue weighted by molar-refractivity contribution is -0.119. The van der Waals surface area contributed by atoms with Gasteiger partial charge in [0.25, 0.3) is 0 Å². The summed E-state index contributed by atoms with van der Waals surface area (Å²) in [5.74, 6) is 5.97. The Balaban J connectivity index is 1.25. The summed E-state index contributed by atoms with van der Waals surface area (Å²) in [4.78, 5) is 12.3. The molecule has 3 aliphatic carbocycles. The summed E-state index contributed by atoms with van der Waals surface area (Å²) < 4.78 is 5.17. The number of hydrogen-bond donors (Lipinski definition) is 1. The SMILES string of the molecule is Cc1noc(C)c1CSCC(=O)N[C@@H]1C[C@H]2C[C@H]1[C@H]1CCC[C@H]21. The smallest absolute Gasteiger partial charge is 0.230 e. The minimum absolute atomic E-state index is 0.203. The molecule has 0 aliphatic heterocycles. The summed E-state index contributed by atoms with van der Waals surface area (Å²) in [7, 11) is 0. The van der Waals surface area contributed by atoms with Crippen LogP contribution in [0, 0.1) is 37.5 Å². The third-order valence-corrected chi connectivity index (χ3v) is 7.39. The number of hydrogen-bond acceptors (Lipinski definition) is 4. The Morgan fingerprint density at radius 1 is 1.26 bits per heavy atom. The Kier molecular flexibility index (Phi) is 4.16. The fraction of sp³-hybridized carbons (Fsp3) is 0.778. The second-order valence-corrected chi connectivity index (χ2v) is 8.61. The Bertz CT molecular complexity index is 580. The number of aryl methyl sites for hydroxylation is 2.